The maximum atomic E-state index is 5.87. The Bertz CT molecular complexity index is 448. The molecule has 0 heterocycles. The van der Waals surface area contributed by atoms with Crippen molar-refractivity contribution in [3.05, 3.63) is 29.3 Å². The Kier molecular flexibility index (Phi) is 4.81. The zero-order chi connectivity index (χ0) is 13.8. The highest BCUT2D eigenvalue weighted by molar-refractivity contribution is 7.80. The van der Waals surface area contributed by atoms with Crippen molar-refractivity contribution in [1.82, 2.24) is 0 Å². The molecule has 0 aliphatic heterocycles. The third kappa shape index (κ3) is 3.47. The number of aryl methyl sites for hydroxylation is 1. The van der Waals surface area contributed by atoms with Gasteiger partial charge < -0.3 is 10.6 Å². The highest BCUT2D eigenvalue weighted by Gasteiger charge is 2.20. The minimum Gasteiger partial charge on any atom is -0.389 e. The second-order valence-corrected chi connectivity index (χ2v) is 6.08. The van der Waals surface area contributed by atoms with Gasteiger partial charge in [0.15, 0.2) is 0 Å². The highest BCUT2D eigenvalue weighted by Crippen LogP contribution is 2.28. The smallest absolute Gasteiger partial charge is 0.106 e. The molecule has 0 saturated heterocycles. The monoisotopic (exact) mass is 276 g/mol. The van der Waals surface area contributed by atoms with Crippen molar-refractivity contribution < 1.29 is 0 Å². The van der Waals surface area contributed by atoms with Crippen LogP contribution in [0.4, 0.5) is 5.69 Å². The Morgan fingerprint density at radius 2 is 1.84 bits per heavy atom. The molecule has 0 radical (unpaired) electrons. The van der Waals surface area contributed by atoms with Gasteiger partial charge in [0.25, 0.3) is 0 Å². The fourth-order valence-corrected chi connectivity index (χ4v) is 3.16. The number of nitrogens with two attached hydrogens (primary N) is 1. The summed E-state index contributed by atoms with van der Waals surface area (Å²) in [7, 11) is 2.19. The van der Waals surface area contributed by atoms with Crippen molar-refractivity contribution in [3.8, 4) is 0 Å². The van der Waals surface area contributed by atoms with E-state index in [1.807, 2.05) is 0 Å². The lowest BCUT2D eigenvalue weighted by Gasteiger charge is -2.31. The first kappa shape index (κ1) is 14.3. The van der Waals surface area contributed by atoms with Gasteiger partial charge in [-0.1, -0.05) is 44.0 Å². The summed E-state index contributed by atoms with van der Waals surface area (Å²) in [5, 5.41) is 0. The van der Waals surface area contributed by atoms with Gasteiger partial charge in [-0.2, -0.15) is 0 Å². The van der Waals surface area contributed by atoms with Gasteiger partial charge in [0, 0.05) is 24.3 Å². The Morgan fingerprint density at radius 3 is 2.42 bits per heavy atom. The molecule has 104 valence electrons. The van der Waals surface area contributed by atoms with E-state index in [2.05, 4.69) is 37.1 Å². The van der Waals surface area contributed by atoms with Crippen molar-refractivity contribution in [3.63, 3.8) is 0 Å². The Hall–Kier alpha value is -1.09. The molecule has 2 nitrogen and oxygen atoms in total. The molecule has 0 spiro atoms. The second kappa shape index (κ2) is 6.38. The van der Waals surface area contributed by atoms with Crippen molar-refractivity contribution in [2.75, 3.05) is 11.9 Å². The molecular formula is C16H24N2S. The van der Waals surface area contributed by atoms with Crippen LogP contribution in [-0.4, -0.2) is 18.1 Å². The zero-order valence-corrected chi connectivity index (χ0v) is 12.8. The van der Waals surface area contributed by atoms with Gasteiger partial charge in [0.2, 0.25) is 0 Å². The van der Waals surface area contributed by atoms with Crippen LogP contribution in [0.5, 0.6) is 0 Å². The number of hydrogen-bond acceptors (Lipinski definition) is 2. The molecule has 19 heavy (non-hydrogen) atoms. The predicted octanol–water partition coefficient (Wildman–Crippen LogP) is 3.79. The van der Waals surface area contributed by atoms with Crippen LogP contribution in [0.1, 0.15) is 49.7 Å². The largest absolute Gasteiger partial charge is 0.389 e. The SMILES string of the molecule is Cc1ccc(C(N)=S)c(N(C)C2CCCCCC2)c1. The minimum absolute atomic E-state index is 0.496. The van der Waals surface area contributed by atoms with Crippen molar-refractivity contribution in [2.24, 2.45) is 5.73 Å². The summed E-state index contributed by atoms with van der Waals surface area (Å²) in [6.07, 6.45) is 7.98. The van der Waals surface area contributed by atoms with Crippen LogP contribution < -0.4 is 10.6 Å². The van der Waals surface area contributed by atoms with Crippen LogP contribution >= 0.6 is 12.2 Å². The van der Waals surface area contributed by atoms with Gasteiger partial charge in [-0.3, -0.25) is 0 Å². The first-order valence-corrected chi connectivity index (χ1v) is 7.63. The van der Waals surface area contributed by atoms with Crippen LogP contribution in [0.15, 0.2) is 18.2 Å². The Labute approximate surface area is 122 Å². The summed E-state index contributed by atoms with van der Waals surface area (Å²) in [6.45, 7) is 2.12. The summed E-state index contributed by atoms with van der Waals surface area (Å²) < 4.78 is 0. The summed E-state index contributed by atoms with van der Waals surface area (Å²) in [5.41, 5.74) is 9.33. The molecule has 0 unspecified atom stereocenters. The molecule has 1 aromatic rings. The Morgan fingerprint density at radius 1 is 1.21 bits per heavy atom. The second-order valence-electron chi connectivity index (χ2n) is 5.64. The third-order valence-electron chi connectivity index (χ3n) is 4.17. The van der Waals surface area contributed by atoms with Crippen LogP contribution in [0, 0.1) is 6.92 Å². The van der Waals surface area contributed by atoms with E-state index >= 15 is 0 Å². The molecule has 1 aliphatic carbocycles. The minimum atomic E-state index is 0.496. The molecule has 0 atom stereocenters. The molecule has 0 amide bonds. The van der Waals surface area contributed by atoms with Crippen molar-refractivity contribution >= 4 is 22.9 Å². The van der Waals surface area contributed by atoms with Crippen LogP contribution in [0.25, 0.3) is 0 Å². The number of rotatable bonds is 3. The normalized spacial score (nSPS) is 16.9. The van der Waals surface area contributed by atoms with Crippen LogP contribution in [-0.2, 0) is 0 Å². The van der Waals surface area contributed by atoms with Gasteiger partial charge in [0.05, 0.1) is 0 Å². The average molecular weight is 276 g/mol. The maximum Gasteiger partial charge on any atom is 0.106 e. The van der Waals surface area contributed by atoms with Gasteiger partial charge in [0.1, 0.15) is 4.99 Å². The number of benzene rings is 1. The van der Waals surface area contributed by atoms with E-state index in [0.717, 1.165) is 5.56 Å². The summed E-state index contributed by atoms with van der Waals surface area (Å²) >= 11 is 5.19. The van der Waals surface area contributed by atoms with E-state index in [1.54, 1.807) is 0 Å². The van der Waals surface area contributed by atoms with Crippen LogP contribution in [0.3, 0.4) is 0 Å². The van der Waals surface area contributed by atoms with E-state index in [-0.39, 0.29) is 0 Å². The summed E-state index contributed by atoms with van der Waals surface area (Å²) in [5.74, 6) is 0. The third-order valence-corrected chi connectivity index (χ3v) is 4.39. The predicted molar refractivity (Wildman–Crippen MR) is 87.0 cm³/mol. The van der Waals surface area contributed by atoms with E-state index in [1.165, 1.54) is 49.8 Å². The molecule has 1 fully saturated rings. The first-order chi connectivity index (χ1) is 9.09. The number of nitrogens with zero attached hydrogens (tertiary/aromatic N) is 1. The van der Waals surface area contributed by atoms with E-state index in [9.17, 15) is 0 Å². The molecule has 1 saturated carbocycles. The lowest BCUT2D eigenvalue weighted by molar-refractivity contribution is 0.553. The fraction of sp³-hybridized carbons (Fsp3) is 0.562. The topological polar surface area (TPSA) is 29.3 Å². The maximum absolute atomic E-state index is 5.87. The molecule has 2 rings (SSSR count). The molecule has 1 aliphatic rings. The Balaban J connectivity index is 2.28. The summed E-state index contributed by atoms with van der Waals surface area (Å²) in [4.78, 5) is 2.89. The first-order valence-electron chi connectivity index (χ1n) is 7.23. The molecule has 1 aromatic carbocycles. The number of anilines is 1. The standard InChI is InChI=1S/C16H24N2S/c1-12-9-10-14(16(17)19)15(11-12)18(2)13-7-5-3-4-6-8-13/h9-11,13H,3-8H2,1-2H3,(H2,17,19). The van der Waals surface area contributed by atoms with Gasteiger partial charge >= 0.3 is 0 Å². The van der Waals surface area contributed by atoms with E-state index in [4.69, 9.17) is 18.0 Å². The lowest BCUT2D eigenvalue weighted by Crippen LogP contribution is -2.32. The number of hydrogen-bond donors (Lipinski definition) is 1. The van der Waals surface area contributed by atoms with Crippen molar-refractivity contribution in [1.29, 1.82) is 0 Å². The quantitative estimate of drug-likeness (QED) is 0.673. The average Bonchev–Trinajstić information content (AvgIpc) is 2.66. The molecule has 2 N–H and O–H groups in total. The van der Waals surface area contributed by atoms with Gasteiger partial charge in [-0.05, 0) is 37.5 Å². The zero-order valence-electron chi connectivity index (χ0n) is 12.0. The van der Waals surface area contributed by atoms with Gasteiger partial charge in [-0.15, -0.1) is 0 Å². The fourth-order valence-electron chi connectivity index (χ4n) is 2.98. The molecule has 3 heteroatoms. The lowest BCUT2D eigenvalue weighted by atomic mass is 10.0. The van der Waals surface area contributed by atoms with E-state index < -0.39 is 0 Å². The molecular weight excluding hydrogens is 252 g/mol. The molecule has 0 bridgehead atoms. The van der Waals surface area contributed by atoms with Crippen molar-refractivity contribution in [2.45, 2.75) is 51.5 Å². The number of thiocarbonyl (C=S) groups is 1. The van der Waals surface area contributed by atoms with Crippen LogP contribution in [0.2, 0.25) is 0 Å². The summed E-state index contributed by atoms with van der Waals surface area (Å²) in [6, 6.07) is 6.97. The van der Waals surface area contributed by atoms with E-state index in [0.29, 0.717) is 11.0 Å². The van der Waals surface area contributed by atoms with Gasteiger partial charge in [-0.25, -0.2) is 0 Å². The molecule has 0 aromatic heterocycles. The highest BCUT2D eigenvalue weighted by atomic mass is 32.1.